The molecule has 0 unspecified atom stereocenters. The molecule has 0 spiro atoms. The van der Waals surface area contributed by atoms with E-state index in [1.54, 1.807) is 19.2 Å². The number of nitrogens with zero attached hydrogens (tertiary/aromatic N) is 1. The van der Waals surface area contributed by atoms with Crippen molar-refractivity contribution in [2.24, 2.45) is 0 Å². The van der Waals surface area contributed by atoms with E-state index in [-0.39, 0.29) is 19.1 Å². The van der Waals surface area contributed by atoms with Crippen LogP contribution in [0.25, 0.3) is 0 Å². The van der Waals surface area contributed by atoms with Gasteiger partial charge >= 0.3 is 5.97 Å². The van der Waals surface area contributed by atoms with Gasteiger partial charge in [-0.2, -0.15) is 0 Å². The van der Waals surface area contributed by atoms with E-state index < -0.39 is 5.97 Å². The van der Waals surface area contributed by atoms with Gasteiger partial charge < -0.3 is 10.1 Å². The van der Waals surface area contributed by atoms with Gasteiger partial charge in [0.1, 0.15) is 11.6 Å². The first-order valence-electron chi connectivity index (χ1n) is 7.36. The van der Waals surface area contributed by atoms with E-state index in [0.29, 0.717) is 20.8 Å². The van der Waals surface area contributed by atoms with Crippen molar-refractivity contribution in [2.75, 3.05) is 13.2 Å². The Balaban J connectivity index is 2.06. The molecule has 1 aromatic carbocycles. The summed E-state index contributed by atoms with van der Waals surface area (Å²) in [6.45, 7) is 1.84. The minimum Gasteiger partial charge on any atom is -0.465 e. The van der Waals surface area contributed by atoms with Crippen LogP contribution in [0.1, 0.15) is 22.8 Å². The summed E-state index contributed by atoms with van der Waals surface area (Å²) in [7, 11) is 0. The van der Waals surface area contributed by atoms with Crippen molar-refractivity contribution in [2.45, 2.75) is 17.7 Å². The van der Waals surface area contributed by atoms with Crippen LogP contribution < -0.4 is 5.32 Å². The zero-order valence-corrected chi connectivity index (χ0v) is 15.5. The third-order valence-electron chi connectivity index (χ3n) is 2.98. The summed E-state index contributed by atoms with van der Waals surface area (Å²) in [6, 6.07) is 11.6. The Bertz CT molecular complexity index is 710. The highest BCUT2D eigenvalue weighted by Crippen LogP contribution is 2.26. The van der Waals surface area contributed by atoms with Gasteiger partial charge in [0.2, 0.25) is 0 Å². The van der Waals surface area contributed by atoms with Gasteiger partial charge in [-0.25, -0.2) is 4.98 Å². The van der Waals surface area contributed by atoms with Crippen molar-refractivity contribution in [3.8, 4) is 0 Å². The molecule has 0 fully saturated rings. The van der Waals surface area contributed by atoms with Crippen LogP contribution in [0.3, 0.4) is 0 Å². The van der Waals surface area contributed by atoms with E-state index in [1.807, 2.05) is 30.3 Å². The summed E-state index contributed by atoms with van der Waals surface area (Å²) in [5, 5.41) is 3.18. The molecule has 0 atom stereocenters. The van der Waals surface area contributed by atoms with Crippen molar-refractivity contribution in [3.63, 3.8) is 0 Å². The predicted octanol–water partition coefficient (Wildman–Crippen LogP) is 3.43. The van der Waals surface area contributed by atoms with Gasteiger partial charge in [0.25, 0.3) is 5.91 Å². The van der Waals surface area contributed by atoms with Crippen molar-refractivity contribution in [1.82, 2.24) is 10.3 Å². The Morgan fingerprint density at radius 2 is 2.04 bits per heavy atom. The molecule has 0 radical (unpaired) electrons. The lowest BCUT2D eigenvalue weighted by Crippen LogP contribution is -2.31. The van der Waals surface area contributed by atoms with E-state index in [2.05, 4.69) is 26.2 Å². The van der Waals surface area contributed by atoms with Gasteiger partial charge in [-0.05, 0) is 34.5 Å². The number of ether oxygens (including phenoxy) is 1. The quantitative estimate of drug-likeness (QED) is 0.561. The van der Waals surface area contributed by atoms with E-state index in [9.17, 15) is 9.59 Å². The number of rotatable bonds is 7. The first-order chi connectivity index (χ1) is 11.6. The Hall–Kier alpha value is -1.86. The molecule has 0 aliphatic carbocycles. The number of thioether (sulfide) groups is 1. The molecular formula is C17H17BrN2O3S. The summed E-state index contributed by atoms with van der Waals surface area (Å²) in [5.74, 6) is -0.118. The van der Waals surface area contributed by atoms with Gasteiger partial charge in [0.05, 0.1) is 12.2 Å². The van der Waals surface area contributed by atoms with Crippen LogP contribution >= 0.6 is 27.7 Å². The topological polar surface area (TPSA) is 68.3 Å². The summed E-state index contributed by atoms with van der Waals surface area (Å²) >= 11 is 4.79. The van der Waals surface area contributed by atoms with E-state index in [4.69, 9.17) is 4.74 Å². The maximum Gasteiger partial charge on any atom is 0.325 e. The number of amides is 1. The molecule has 5 nitrogen and oxygen atoms in total. The lowest BCUT2D eigenvalue weighted by molar-refractivity contribution is -0.141. The second kappa shape index (κ2) is 9.44. The third kappa shape index (κ3) is 5.65. The summed E-state index contributed by atoms with van der Waals surface area (Å²) in [5.41, 5.74) is 1.57. The number of carbonyl (C=O) groups is 2. The fraction of sp³-hybridized carbons (Fsp3) is 0.235. The first-order valence-corrected chi connectivity index (χ1v) is 9.14. The number of esters is 1. The lowest BCUT2D eigenvalue weighted by atomic mass is 10.2. The molecule has 1 heterocycles. The molecule has 1 N–H and O–H groups in total. The van der Waals surface area contributed by atoms with E-state index in [0.717, 1.165) is 5.56 Å². The lowest BCUT2D eigenvalue weighted by Gasteiger charge is -2.09. The molecule has 0 saturated carbocycles. The average molecular weight is 409 g/mol. The molecule has 24 heavy (non-hydrogen) atoms. The second-order valence-corrected chi connectivity index (χ2v) is 6.65. The Kier molecular flexibility index (Phi) is 7.27. The maximum absolute atomic E-state index is 12.3. The smallest absolute Gasteiger partial charge is 0.325 e. The zero-order valence-electron chi connectivity index (χ0n) is 13.1. The van der Waals surface area contributed by atoms with Crippen molar-refractivity contribution in [1.29, 1.82) is 0 Å². The van der Waals surface area contributed by atoms with Crippen LogP contribution in [-0.2, 0) is 15.3 Å². The molecule has 0 aliphatic rings. The van der Waals surface area contributed by atoms with E-state index >= 15 is 0 Å². The SMILES string of the molecule is CCOC(=O)CNC(=O)c1cc(Br)cnc1SCc1ccccc1. The van der Waals surface area contributed by atoms with E-state index in [1.165, 1.54) is 11.8 Å². The molecule has 7 heteroatoms. The summed E-state index contributed by atoms with van der Waals surface area (Å²) < 4.78 is 5.51. The number of hydrogen-bond donors (Lipinski definition) is 1. The second-order valence-electron chi connectivity index (χ2n) is 4.77. The standard InChI is InChI=1S/C17H17BrN2O3S/c1-2-23-15(21)10-19-16(22)14-8-13(18)9-20-17(14)24-11-12-6-4-3-5-7-12/h3-9H,2,10-11H2,1H3,(H,19,22). The van der Waals surface area contributed by atoms with Crippen LogP contribution in [-0.4, -0.2) is 30.0 Å². The monoisotopic (exact) mass is 408 g/mol. The number of nitrogens with one attached hydrogen (secondary N) is 1. The number of hydrogen-bond acceptors (Lipinski definition) is 5. The fourth-order valence-electron chi connectivity index (χ4n) is 1.89. The summed E-state index contributed by atoms with van der Waals surface area (Å²) in [6.07, 6.45) is 1.65. The Labute approximate surface area is 153 Å². The predicted molar refractivity (Wildman–Crippen MR) is 96.9 cm³/mol. The molecule has 2 aromatic rings. The van der Waals surface area contributed by atoms with Gasteiger partial charge in [0.15, 0.2) is 0 Å². The van der Waals surface area contributed by atoms with Crippen LogP contribution in [0, 0.1) is 0 Å². The minimum atomic E-state index is -0.465. The fourth-order valence-corrected chi connectivity index (χ4v) is 3.15. The highest BCUT2D eigenvalue weighted by atomic mass is 79.9. The largest absolute Gasteiger partial charge is 0.465 e. The zero-order chi connectivity index (χ0) is 17.4. The molecule has 0 aliphatic heterocycles. The maximum atomic E-state index is 12.3. The highest BCUT2D eigenvalue weighted by molar-refractivity contribution is 9.10. The number of carbonyl (C=O) groups excluding carboxylic acids is 2. The van der Waals surface area contributed by atoms with Crippen LogP contribution in [0.2, 0.25) is 0 Å². The van der Waals surface area contributed by atoms with Crippen LogP contribution in [0.5, 0.6) is 0 Å². The van der Waals surface area contributed by atoms with Gasteiger partial charge in [-0.1, -0.05) is 30.3 Å². The number of benzene rings is 1. The third-order valence-corrected chi connectivity index (χ3v) is 4.49. The number of pyridine rings is 1. The molecule has 2 rings (SSSR count). The number of aromatic nitrogens is 1. The summed E-state index contributed by atoms with van der Waals surface area (Å²) in [4.78, 5) is 28.0. The van der Waals surface area contributed by atoms with Crippen LogP contribution in [0.15, 0.2) is 52.1 Å². The Morgan fingerprint density at radius 3 is 2.75 bits per heavy atom. The highest BCUT2D eigenvalue weighted by Gasteiger charge is 2.15. The van der Waals surface area contributed by atoms with Gasteiger partial charge in [-0.15, -0.1) is 11.8 Å². The van der Waals surface area contributed by atoms with Crippen molar-refractivity contribution in [3.05, 3.63) is 58.2 Å². The van der Waals surface area contributed by atoms with Crippen molar-refractivity contribution < 1.29 is 14.3 Å². The van der Waals surface area contributed by atoms with Crippen LogP contribution in [0.4, 0.5) is 0 Å². The Morgan fingerprint density at radius 1 is 1.29 bits per heavy atom. The number of halogens is 1. The molecule has 0 bridgehead atoms. The minimum absolute atomic E-state index is 0.165. The molecule has 126 valence electrons. The molecule has 1 aromatic heterocycles. The average Bonchev–Trinajstić information content (AvgIpc) is 2.59. The first kappa shape index (κ1) is 18.5. The molecular weight excluding hydrogens is 392 g/mol. The van der Waals surface area contributed by atoms with Crippen molar-refractivity contribution >= 4 is 39.6 Å². The molecule has 0 saturated heterocycles. The normalized spacial score (nSPS) is 10.2. The molecule has 1 amide bonds. The van der Waals surface area contributed by atoms with Gasteiger partial charge in [0, 0.05) is 16.4 Å². The van der Waals surface area contributed by atoms with Gasteiger partial charge in [-0.3, -0.25) is 9.59 Å².